The van der Waals surface area contributed by atoms with Gasteiger partial charge in [0.05, 0.1) is 25.6 Å². The molecule has 28 heavy (non-hydrogen) atoms. The van der Waals surface area contributed by atoms with E-state index in [1.807, 2.05) is 20.8 Å². The monoisotopic (exact) mass is 407 g/mol. The van der Waals surface area contributed by atoms with E-state index in [1.54, 1.807) is 12.1 Å². The highest BCUT2D eigenvalue weighted by Gasteiger charge is 2.24. The van der Waals surface area contributed by atoms with Crippen molar-refractivity contribution in [3.63, 3.8) is 0 Å². The number of nitrogens with zero attached hydrogens (tertiary/aromatic N) is 2. The van der Waals surface area contributed by atoms with Gasteiger partial charge in [0.15, 0.2) is 11.5 Å². The third-order valence-electron chi connectivity index (χ3n) is 3.83. The smallest absolute Gasteiger partial charge is 0.277 e. The summed E-state index contributed by atoms with van der Waals surface area (Å²) in [5, 5.41) is 11.4. The summed E-state index contributed by atoms with van der Waals surface area (Å²) in [7, 11) is 0. The van der Waals surface area contributed by atoms with Gasteiger partial charge in [0.2, 0.25) is 17.5 Å². The number of thioether (sulfide) groups is 1. The normalized spacial score (nSPS) is 13.2. The van der Waals surface area contributed by atoms with Crippen LogP contribution in [0.1, 0.15) is 33.6 Å². The minimum Gasteiger partial charge on any atom is -0.490 e. The molecule has 8 nitrogen and oxygen atoms in total. The molecule has 1 saturated carbocycles. The summed E-state index contributed by atoms with van der Waals surface area (Å²) < 4.78 is 22.9. The van der Waals surface area contributed by atoms with Crippen molar-refractivity contribution in [1.29, 1.82) is 0 Å². The first-order valence-electron chi connectivity index (χ1n) is 9.47. The molecule has 1 fully saturated rings. The fourth-order valence-corrected chi connectivity index (χ4v) is 3.10. The lowest BCUT2D eigenvalue weighted by molar-refractivity contribution is -0.118. The molecule has 1 aromatic heterocycles. The van der Waals surface area contributed by atoms with Crippen molar-refractivity contribution >= 4 is 17.7 Å². The maximum Gasteiger partial charge on any atom is 0.277 e. The Labute approximate surface area is 168 Å². The van der Waals surface area contributed by atoms with E-state index in [1.165, 1.54) is 11.8 Å². The summed E-state index contributed by atoms with van der Waals surface area (Å²) in [6, 6.07) is 3.92. The van der Waals surface area contributed by atoms with Crippen LogP contribution in [0.2, 0.25) is 0 Å². The predicted octanol–water partition coefficient (Wildman–Crippen LogP) is 3.30. The molecule has 0 radical (unpaired) electrons. The van der Waals surface area contributed by atoms with Gasteiger partial charge < -0.3 is 23.9 Å². The Morgan fingerprint density at radius 3 is 2.32 bits per heavy atom. The number of nitrogens with one attached hydrogen (secondary N) is 1. The van der Waals surface area contributed by atoms with Crippen LogP contribution in [0.5, 0.6) is 17.2 Å². The highest BCUT2D eigenvalue weighted by atomic mass is 32.2. The van der Waals surface area contributed by atoms with E-state index in [2.05, 4.69) is 15.5 Å². The van der Waals surface area contributed by atoms with Crippen molar-refractivity contribution in [2.24, 2.45) is 0 Å². The van der Waals surface area contributed by atoms with E-state index < -0.39 is 0 Å². The molecule has 1 heterocycles. The number of hydrogen-bond acceptors (Lipinski definition) is 8. The second-order valence-electron chi connectivity index (χ2n) is 6.10. The molecule has 1 aliphatic carbocycles. The van der Waals surface area contributed by atoms with Gasteiger partial charge in [-0.15, -0.1) is 10.2 Å². The Morgan fingerprint density at radius 1 is 1.11 bits per heavy atom. The van der Waals surface area contributed by atoms with Crippen LogP contribution < -0.4 is 19.5 Å². The van der Waals surface area contributed by atoms with Crippen molar-refractivity contribution < 1.29 is 23.4 Å². The Balaban J connectivity index is 1.77. The molecular formula is C19H25N3O5S. The molecule has 0 saturated heterocycles. The molecule has 152 valence electrons. The first kappa shape index (κ1) is 20.3. The zero-order chi connectivity index (χ0) is 19.9. The summed E-state index contributed by atoms with van der Waals surface area (Å²) in [6.07, 6.45) is 2.12. The van der Waals surface area contributed by atoms with E-state index >= 15 is 0 Å². The number of ether oxygens (including phenoxy) is 3. The Hall–Kier alpha value is -2.42. The van der Waals surface area contributed by atoms with Crippen LogP contribution in [0, 0.1) is 0 Å². The van der Waals surface area contributed by atoms with Crippen molar-refractivity contribution in [3.8, 4) is 28.7 Å². The lowest BCUT2D eigenvalue weighted by atomic mass is 10.2. The fraction of sp³-hybridized carbons (Fsp3) is 0.526. The number of amides is 1. The van der Waals surface area contributed by atoms with Crippen LogP contribution in [0.4, 0.5) is 0 Å². The van der Waals surface area contributed by atoms with Crippen LogP contribution in [-0.4, -0.2) is 47.7 Å². The number of hydrogen-bond donors (Lipinski definition) is 1. The van der Waals surface area contributed by atoms with Crippen LogP contribution in [0.15, 0.2) is 21.8 Å². The lowest BCUT2D eigenvalue weighted by Crippen LogP contribution is -2.26. The molecule has 0 spiro atoms. The number of rotatable bonds is 11. The van der Waals surface area contributed by atoms with Gasteiger partial charge in [-0.25, -0.2) is 0 Å². The first-order chi connectivity index (χ1) is 13.6. The number of benzene rings is 1. The van der Waals surface area contributed by atoms with Gasteiger partial charge in [-0.1, -0.05) is 11.8 Å². The summed E-state index contributed by atoms with van der Waals surface area (Å²) in [4.78, 5) is 11.8. The SMILES string of the molecule is CCOc1cc(-c2nnc(SCC(=O)NC3CC3)o2)cc(OCC)c1OCC. The number of carbonyl (C=O) groups excluding carboxylic acids is 1. The molecule has 1 N–H and O–H groups in total. The van der Waals surface area contributed by atoms with Gasteiger partial charge in [0, 0.05) is 11.6 Å². The molecule has 9 heteroatoms. The van der Waals surface area contributed by atoms with E-state index in [0.29, 0.717) is 59.8 Å². The van der Waals surface area contributed by atoms with Crippen molar-refractivity contribution in [2.75, 3.05) is 25.6 Å². The fourth-order valence-electron chi connectivity index (χ4n) is 2.52. The Kier molecular flexibility index (Phi) is 7.02. The largest absolute Gasteiger partial charge is 0.490 e. The van der Waals surface area contributed by atoms with Crippen molar-refractivity contribution in [1.82, 2.24) is 15.5 Å². The van der Waals surface area contributed by atoms with Crippen LogP contribution >= 0.6 is 11.8 Å². The highest BCUT2D eigenvalue weighted by Crippen LogP contribution is 2.42. The maximum atomic E-state index is 11.8. The van der Waals surface area contributed by atoms with E-state index in [0.717, 1.165) is 12.8 Å². The third kappa shape index (κ3) is 5.31. The maximum absolute atomic E-state index is 11.8. The molecule has 1 aromatic carbocycles. The van der Waals surface area contributed by atoms with Crippen LogP contribution in [-0.2, 0) is 4.79 Å². The minimum absolute atomic E-state index is 0.0226. The Bertz CT molecular complexity index is 780. The summed E-state index contributed by atoms with van der Waals surface area (Å²) in [5.74, 6) is 2.22. The van der Waals surface area contributed by atoms with Gasteiger partial charge in [-0.05, 0) is 45.7 Å². The highest BCUT2D eigenvalue weighted by molar-refractivity contribution is 7.99. The van der Waals surface area contributed by atoms with Gasteiger partial charge in [0.1, 0.15) is 0 Å². The zero-order valence-corrected chi connectivity index (χ0v) is 17.1. The molecular weight excluding hydrogens is 382 g/mol. The standard InChI is InChI=1S/C19H25N3O5S/c1-4-24-14-9-12(10-15(25-5-2)17(14)26-6-3)18-21-22-19(27-18)28-11-16(23)20-13-7-8-13/h9-10,13H,4-8,11H2,1-3H3,(H,20,23). The molecule has 0 aliphatic heterocycles. The molecule has 1 aliphatic rings. The number of carbonyl (C=O) groups is 1. The van der Waals surface area contributed by atoms with Gasteiger partial charge in [-0.2, -0.15) is 0 Å². The van der Waals surface area contributed by atoms with Crippen LogP contribution in [0.25, 0.3) is 11.5 Å². The van der Waals surface area contributed by atoms with E-state index in [9.17, 15) is 4.79 Å². The average Bonchev–Trinajstić information content (AvgIpc) is 3.36. The third-order valence-corrected chi connectivity index (χ3v) is 4.65. The zero-order valence-electron chi connectivity index (χ0n) is 16.3. The second-order valence-corrected chi connectivity index (χ2v) is 7.03. The van der Waals surface area contributed by atoms with Gasteiger partial charge in [0.25, 0.3) is 5.22 Å². The van der Waals surface area contributed by atoms with Crippen molar-refractivity contribution in [3.05, 3.63) is 12.1 Å². The second kappa shape index (κ2) is 9.68. The number of aromatic nitrogens is 2. The molecule has 0 unspecified atom stereocenters. The van der Waals surface area contributed by atoms with Gasteiger partial charge >= 0.3 is 0 Å². The van der Waals surface area contributed by atoms with Crippen molar-refractivity contribution in [2.45, 2.75) is 44.9 Å². The van der Waals surface area contributed by atoms with Crippen LogP contribution in [0.3, 0.4) is 0 Å². The predicted molar refractivity (Wildman–Crippen MR) is 105 cm³/mol. The molecule has 0 atom stereocenters. The minimum atomic E-state index is -0.0226. The summed E-state index contributed by atoms with van der Waals surface area (Å²) in [5.41, 5.74) is 0.664. The Morgan fingerprint density at radius 2 is 1.75 bits per heavy atom. The summed E-state index contributed by atoms with van der Waals surface area (Å²) >= 11 is 1.21. The van der Waals surface area contributed by atoms with E-state index in [-0.39, 0.29) is 11.7 Å². The van der Waals surface area contributed by atoms with Gasteiger partial charge in [-0.3, -0.25) is 4.79 Å². The first-order valence-corrected chi connectivity index (χ1v) is 10.5. The molecule has 2 aromatic rings. The quantitative estimate of drug-likeness (QED) is 0.567. The summed E-state index contributed by atoms with van der Waals surface area (Å²) in [6.45, 7) is 7.16. The van der Waals surface area contributed by atoms with E-state index in [4.69, 9.17) is 18.6 Å². The molecule has 0 bridgehead atoms. The molecule has 3 rings (SSSR count). The molecule has 1 amide bonds. The average molecular weight is 407 g/mol. The lowest BCUT2D eigenvalue weighted by Gasteiger charge is -2.16. The topological polar surface area (TPSA) is 95.7 Å².